The highest BCUT2D eigenvalue weighted by Gasteiger charge is 2.32. The number of ether oxygens (including phenoxy) is 1. The molecule has 1 aromatic heterocycles. The van der Waals surface area contributed by atoms with Gasteiger partial charge in [0, 0.05) is 36.7 Å². The van der Waals surface area contributed by atoms with E-state index in [4.69, 9.17) is 4.74 Å². The third kappa shape index (κ3) is 3.64. The van der Waals surface area contributed by atoms with Crippen LogP contribution in [-0.4, -0.2) is 49.6 Å². The number of nitrogens with one attached hydrogen (secondary N) is 1. The van der Waals surface area contributed by atoms with Crippen LogP contribution in [0.4, 0.5) is 11.5 Å². The molecule has 1 amide bonds. The summed E-state index contributed by atoms with van der Waals surface area (Å²) in [6.07, 6.45) is 4.45. The van der Waals surface area contributed by atoms with Gasteiger partial charge in [-0.05, 0) is 43.5 Å². The van der Waals surface area contributed by atoms with E-state index in [1.807, 2.05) is 6.92 Å². The summed E-state index contributed by atoms with van der Waals surface area (Å²) in [6, 6.07) is 6.77. The van der Waals surface area contributed by atoms with Crippen molar-refractivity contribution in [1.29, 1.82) is 0 Å². The van der Waals surface area contributed by atoms with Gasteiger partial charge in [0.25, 0.3) is 5.91 Å². The Morgan fingerprint density at radius 3 is 2.89 bits per heavy atom. The van der Waals surface area contributed by atoms with Gasteiger partial charge in [0.2, 0.25) is 10.0 Å². The lowest BCUT2D eigenvalue weighted by atomic mass is 10.1. The number of fused-ring (bicyclic) bond motifs is 1. The fourth-order valence-electron chi connectivity index (χ4n) is 3.99. The Kier molecular flexibility index (Phi) is 4.88. The van der Waals surface area contributed by atoms with Gasteiger partial charge in [-0.15, -0.1) is 0 Å². The molecule has 4 rings (SSSR count). The Morgan fingerprint density at radius 2 is 2.18 bits per heavy atom. The van der Waals surface area contributed by atoms with Crippen molar-refractivity contribution in [2.75, 3.05) is 29.1 Å². The van der Waals surface area contributed by atoms with E-state index in [0.29, 0.717) is 42.6 Å². The number of rotatable bonds is 5. The maximum Gasteiger partial charge on any atom is 0.256 e. The summed E-state index contributed by atoms with van der Waals surface area (Å²) in [6.45, 7) is 4.05. The Labute approximate surface area is 164 Å². The van der Waals surface area contributed by atoms with Crippen molar-refractivity contribution < 1.29 is 17.9 Å². The van der Waals surface area contributed by atoms with Crippen LogP contribution in [0.25, 0.3) is 0 Å². The summed E-state index contributed by atoms with van der Waals surface area (Å²) >= 11 is 0. The third-order valence-electron chi connectivity index (χ3n) is 5.27. The van der Waals surface area contributed by atoms with Crippen molar-refractivity contribution in [3.63, 3.8) is 0 Å². The number of aromatic nitrogens is 2. The van der Waals surface area contributed by atoms with Crippen LogP contribution in [0, 0.1) is 5.92 Å². The molecule has 28 heavy (non-hydrogen) atoms. The minimum absolute atomic E-state index is 0.154. The number of hydrogen-bond donors (Lipinski definition) is 1. The molecular formula is C19H24N4O4S. The Balaban J connectivity index is 1.51. The smallest absolute Gasteiger partial charge is 0.256 e. The predicted octanol–water partition coefficient (Wildman–Crippen LogP) is 1.88. The van der Waals surface area contributed by atoms with Gasteiger partial charge >= 0.3 is 0 Å². The van der Waals surface area contributed by atoms with Crippen molar-refractivity contribution in [3.8, 4) is 0 Å². The minimum Gasteiger partial charge on any atom is -0.381 e. The van der Waals surface area contributed by atoms with Crippen LogP contribution in [0.1, 0.15) is 29.3 Å². The molecule has 0 spiro atoms. The highest BCUT2D eigenvalue weighted by atomic mass is 32.2. The zero-order valence-corrected chi connectivity index (χ0v) is 16.8. The summed E-state index contributed by atoms with van der Waals surface area (Å²) in [5, 5.41) is 7.22. The molecule has 2 atom stereocenters. The first-order valence-electron chi connectivity index (χ1n) is 9.36. The lowest BCUT2D eigenvalue weighted by Gasteiger charge is -2.21. The van der Waals surface area contributed by atoms with Crippen molar-refractivity contribution in [2.45, 2.75) is 32.4 Å². The SMILES string of the molecule is C[C@@H]1Cc2cc(C(=O)Nc3ccnn3C[C@@H]3CCOC3)ccc2N1S(C)(=O)=O. The lowest BCUT2D eigenvalue weighted by Crippen LogP contribution is -2.34. The van der Waals surface area contributed by atoms with Gasteiger partial charge in [-0.3, -0.25) is 9.10 Å². The first kappa shape index (κ1) is 18.9. The van der Waals surface area contributed by atoms with Gasteiger partial charge in [-0.2, -0.15) is 5.10 Å². The molecule has 150 valence electrons. The van der Waals surface area contributed by atoms with Crippen molar-refractivity contribution in [1.82, 2.24) is 9.78 Å². The van der Waals surface area contributed by atoms with Gasteiger partial charge in [-0.25, -0.2) is 13.1 Å². The molecule has 0 radical (unpaired) electrons. The van der Waals surface area contributed by atoms with Crippen LogP contribution in [0.15, 0.2) is 30.5 Å². The maximum atomic E-state index is 12.8. The second kappa shape index (κ2) is 7.21. The van der Waals surface area contributed by atoms with Gasteiger partial charge in [0.1, 0.15) is 5.82 Å². The van der Waals surface area contributed by atoms with Crippen LogP contribution in [0.3, 0.4) is 0 Å². The molecule has 8 nitrogen and oxygen atoms in total. The second-order valence-electron chi connectivity index (χ2n) is 7.54. The number of nitrogens with zero attached hydrogens (tertiary/aromatic N) is 3. The molecule has 2 aliphatic rings. The molecule has 1 N–H and O–H groups in total. The average Bonchev–Trinajstić information content (AvgIpc) is 3.34. The number of carbonyl (C=O) groups excluding carboxylic acids is 1. The maximum absolute atomic E-state index is 12.8. The van der Waals surface area contributed by atoms with E-state index in [9.17, 15) is 13.2 Å². The summed E-state index contributed by atoms with van der Waals surface area (Å²) in [5.74, 6) is 0.806. The van der Waals surface area contributed by atoms with Crippen LogP contribution >= 0.6 is 0 Å². The van der Waals surface area contributed by atoms with Crippen LogP contribution in [0.2, 0.25) is 0 Å². The van der Waals surface area contributed by atoms with Crippen molar-refractivity contribution in [3.05, 3.63) is 41.6 Å². The van der Waals surface area contributed by atoms with Crippen molar-refractivity contribution >= 4 is 27.4 Å². The number of sulfonamides is 1. The summed E-state index contributed by atoms with van der Waals surface area (Å²) in [4.78, 5) is 12.8. The molecule has 2 aromatic rings. The molecular weight excluding hydrogens is 380 g/mol. The van der Waals surface area contributed by atoms with Crippen LogP contribution < -0.4 is 9.62 Å². The van der Waals surface area contributed by atoms with Gasteiger partial charge in [0.05, 0.1) is 24.7 Å². The predicted molar refractivity (Wildman–Crippen MR) is 106 cm³/mol. The van der Waals surface area contributed by atoms with E-state index in [2.05, 4.69) is 10.4 Å². The van der Waals surface area contributed by atoms with E-state index >= 15 is 0 Å². The number of benzene rings is 1. The molecule has 1 saturated heterocycles. The zero-order chi connectivity index (χ0) is 19.9. The van der Waals surface area contributed by atoms with Gasteiger partial charge in [0.15, 0.2) is 0 Å². The van der Waals surface area contributed by atoms with Crippen LogP contribution in [-0.2, 0) is 27.7 Å². The molecule has 0 bridgehead atoms. The topological polar surface area (TPSA) is 93.5 Å². The van der Waals surface area contributed by atoms with Crippen LogP contribution in [0.5, 0.6) is 0 Å². The fraction of sp³-hybridized carbons (Fsp3) is 0.474. The Hall–Kier alpha value is -2.39. The highest BCUT2D eigenvalue weighted by molar-refractivity contribution is 7.92. The second-order valence-corrected chi connectivity index (χ2v) is 9.40. The standard InChI is InChI=1S/C19H24N4O4S/c1-13-9-16-10-15(3-4-17(16)23(13)28(2,25)26)19(24)21-18-5-7-20-22(18)11-14-6-8-27-12-14/h3-5,7,10,13-14H,6,8-9,11-12H2,1-2H3,(H,21,24)/t13-,14+/m1/s1. The number of amides is 1. The van der Waals surface area contributed by atoms with E-state index in [1.165, 1.54) is 10.6 Å². The first-order valence-corrected chi connectivity index (χ1v) is 11.2. The molecule has 9 heteroatoms. The van der Waals surface area contributed by atoms with Gasteiger partial charge in [-0.1, -0.05) is 0 Å². The number of anilines is 2. The largest absolute Gasteiger partial charge is 0.381 e. The van der Waals surface area contributed by atoms with E-state index in [0.717, 1.165) is 18.6 Å². The molecule has 1 fully saturated rings. The normalized spacial score (nSPS) is 21.7. The molecule has 3 heterocycles. The molecule has 1 aromatic carbocycles. The monoisotopic (exact) mass is 404 g/mol. The lowest BCUT2D eigenvalue weighted by molar-refractivity contribution is 0.102. The highest BCUT2D eigenvalue weighted by Crippen LogP contribution is 2.34. The third-order valence-corrected chi connectivity index (χ3v) is 6.54. The van der Waals surface area contributed by atoms with Gasteiger partial charge < -0.3 is 10.1 Å². The van der Waals surface area contributed by atoms with Crippen molar-refractivity contribution in [2.24, 2.45) is 5.92 Å². The summed E-state index contributed by atoms with van der Waals surface area (Å²) < 4.78 is 32.7. The quantitative estimate of drug-likeness (QED) is 0.821. The number of carbonyl (C=O) groups is 1. The van der Waals surface area contributed by atoms with E-state index in [-0.39, 0.29) is 11.9 Å². The molecule has 2 aliphatic heterocycles. The average molecular weight is 404 g/mol. The Bertz CT molecular complexity index is 995. The summed E-state index contributed by atoms with van der Waals surface area (Å²) in [5.41, 5.74) is 2.01. The van der Waals surface area contributed by atoms with E-state index in [1.54, 1.807) is 35.1 Å². The fourth-order valence-corrected chi connectivity index (χ4v) is 5.26. The first-order chi connectivity index (χ1) is 13.3. The molecule has 0 unspecified atom stereocenters. The number of hydrogen-bond acceptors (Lipinski definition) is 5. The summed E-state index contributed by atoms with van der Waals surface area (Å²) in [7, 11) is -3.35. The molecule has 0 saturated carbocycles. The Morgan fingerprint density at radius 1 is 1.36 bits per heavy atom. The minimum atomic E-state index is -3.35. The molecule has 0 aliphatic carbocycles. The van der Waals surface area contributed by atoms with E-state index < -0.39 is 10.0 Å². The zero-order valence-electron chi connectivity index (χ0n) is 16.0.